The molecule has 37 heavy (non-hydrogen) atoms. The third kappa shape index (κ3) is 5.05. The molecule has 0 saturated carbocycles. The standard InChI is InChI=1S/C26H24N6O2S3/c1-14-5-3-6-16(11-14)29-21(34)13-35-26-31-30-25(37-26)32-18-7-4-8-19(33)23(18)22(17(12-27)24(32)28)20-10-9-15(2)36-20/h3,5-6,9-11,22H,4,7-8,13,28H2,1-2H3,(H,29,34). The number of amides is 1. The number of nitrogens with one attached hydrogen (secondary N) is 1. The first-order valence-electron chi connectivity index (χ1n) is 11.7. The Labute approximate surface area is 226 Å². The summed E-state index contributed by atoms with van der Waals surface area (Å²) in [4.78, 5) is 29.4. The topological polar surface area (TPSA) is 125 Å². The molecule has 2 aliphatic rings. The van der Waals surface area contributed by atoms with Gasteiger partial charge in [-0.2, -0.15) is 5.26 Å². The summed E-state index contributed by atoms with van der Waals surface area (Å²) in [5.74, 6) is -0.126. The van der Waals surface area contributed by atoms with E-state index < -0.39 is 5.92 Å². The van der Waals surface area contributed by atoms with Crippen LogP contribution in [0.25, 0.3) is 0 Å². The number of ketones is 1. The zero-order valence-corrected chi connectivity index (χ0v) is 22.7. The van der Waals surface area contributed by atoms with Gasteiger partial charge in [0.15, 0.2) is 10.1 Å². The quantitative estimate of drug-likeness (QED) is 0.400. The first kappa shape index (κ1) is 25.2. The molecule has 8 nitrogen and oxygen atoms in total. The van der Waals surface area contributed by atoms with Gasteiger partial charge in [-0.3, -0.25) is 14.5 Å². The molecule has 3 N–H and O–H groups in total. The van der Waals surface area contributed by atoms with Gasteiger partial charge in [0.1, 0.15) is 5.82 Å². The largest absolute Gasteiger partial charge is 0.384 e. The van der Waals surface area contributed by atoms with Crippen molar-refractivity contribution in [1.29, 1.82) is 5.26 Å². The first-order valence-corrected chi connectivity index (χ1v) is 14.3. The average Bonchev–Trinajstić information content (AvgIpc) is 3.51. The maximum Gasteiger partial charge on any atom is 0.234 e. The fourth-order valence-electron chi connectivity index (χ4n) is 4.60. The molecular formula is C26H24N6O2S3. The molecule has 5 rings (SSSR count). The van der Waals surface area contributed by atoms with Crippen molar-refractivity contribution in [2.45, 2.75) is 43.4 Å². The molecule has 0 bridgehead atoms. The molecule has 3 heterocycles. The van der Waals surface area contributed by atoms with E-state index in [9.17, 15) is 14.9 Å². The second kappa shape index (κ2) is 10.5. The van der Waals surface area contributed by atoms with Crippen molar-refractivity contribution in [3.05, 3.63) is 74.4 Å². The number of Topliss-reactive ketones (excluding diaryl/α,β-unsaturated/α-hetero) is 1. The van der Waals surface area contributed by atoms with Crippen LogP contribution in [0.5, 0.6) is 0 Å². The van der Waals surface area contributed by atoms with Gasteiger partial charge in [-0.1, -0.05) is 35.2 Å². The summed E-state index contributed by atoms with van der Waals surface area (Å²) in [6.07, 6.45) is 1.81. The van der Waals surface area contributed by atoms with Crippen molar-refractivity contribution >= 4 is 56.9 Å². The smallest absolute Gasteiger partial charge is 0.234 e. The Kier molecular flexibility index (Phi) is 7.15. The molecule has 1 aliphatic carbocycles. The Bertz CT molecular complexity index is 1500. The first-order chi connectivity index (χ1) is 17.9. The van der Waals surface area contributed by atoms with Gasteiger partial charge >= 0.3 is 0 Å². The van der Waals surface area contributed by atoms with Crippen molar-refractivity contribution in [2.75, 3.05) is 16.0 Å². The molecule has 1 amide bonds. The van der Waals surface area contributed by atoms with Gasteiger partial charge < -0.3 is 11.1 Å². The zero-order chi connectivity index (χ0) is 26.1. The maximum atomic E-state index is 13.2. The summed E-state index contributed by atoms with van der Waals surface area (Å²) < 4.78 is 0.598. The molecule has 0 saturated heterocycles. The Morgan fingerprint density at radius 1 is 1.24 bits per heavy atom. The number of allylic oxidation sites excluding steroid dienone is 3. The minimum absolute atomic E-state index is 0.0366. The molecule has 1 aromatic carbocycles. The maximum absolute atomic E-state index is 13.2. The number of thiophene rings is 1. The summed E-state index contributed by atoms with van der Waals surface area (Å²) in [7, 11) is 0. The van der Waals surface area contributed by atoms with E-state index in [2.05, 4.69) is 21.6 Å². The van der Waals surface area contributed by atoms with Gasteiger partial charge in [-0.15, -0.1) is 21.5 Å². The molecule has 0 fully saturated rings. The highest BCUT2D eigenvalue weighted by Gasteiger charge is 2.41. The third-order valence-electron chi connectivity index (χ3n) is 6.17. The van der Waals surface area contributed by atoms with Gasteiger partial charge in [-0.05, 0) is 56.5 Å². The molecule has 1 unspecified atom stereocenters. The fraction of sp³-hybridized carbons (Fsp3) is 0.269. The summed E-state index contributed by atoms with van der Waals surface area (Å²) in [6, 6.07) is 13.9. The van der Waals surface area contributed by atoms with Crippen molar-refractivity contribution in [2.24, 2.45) is 5.73 Å². The molecule has 1 aliphatic heterocycles. The number of carbonyl (C=O) groups excluding carboxylic acids is 2. The molecule has 188 valence electrons. The second-order valence-corrected chi connectivity index (χ2v) is 12.3. The Hall–Kier alpha value is -3.46. The van der Waals surface area contributed by atoms with E-state index in [4.69, 9.17) is 5.73 Å². The highest BCUT2D eigenvalue weighted by molar-refractivity contribution is 8.01. The van der Waals surface area contributed by atoms with Gasteiger partial charge in [0, 0.05) is 33.1 Å². The fourth-order valence-corrected chi connectivity index (χ4v) is 7.27. The van der Waals surface area contributed by atoms with E-state index >= 15 is 0 Å². The van der Waals surface area contributed by atoms with Crippen LogP contribution in [0.2, 0.25) is 0 Å². The van der Waals surface area contributed by atoms with Gasteiger partial charge in [0.05, 0.1) is 23.3 Å². The Morgan fingerprint density at radius 2 is 2.08 bits per heavy atom. The predicted octanol–water partition coefficient (Wildman–Crippen LogP) is 5.25. The number of carbonyl (C=O) groups is 2. The number of aryl methyl sites for hydroxylation is 2. The second-order valence-electron chi connectivity index (χ2n) is 8.82. The number of nitrogens with zero attached hydrogens (tertiary/aromatic N) is 4. The number of thioether (sulfide) groups is 1. The van der Waals surface area contributed by atoms with E-state index in [1.54, 1.807) is 16.2 Å². The van der Waals surface area contributed by atoms with Crippen LogP contribution in [0.4, 0.5) is 10.8 Å². The van der Waals surface area contributed by atoms with Crippen LogP contribution in [-0.2, 0) is 9.59 Å². The van der Waals surface area contributed by atoms with Crippen LogP contribution < -0.4 is 16.0 Å². The monoisotopic (exact) mass is 548 g/mol. The number of rotatable bonds is 6. The molecular weight excluding hydrogens is 525 g/mol. The Morgan fingerprint density at radius 3 is 2.81 bits per heavy atom. The lowest BCUT2D eigenvalue weighted by molar-refractivity contribution is -0.116. The number of nitriles is 1. The average molecular weight is 549 g/mol. The lowest BCUT2D eigenvalue weighted by Crippen LogP contribution is -2.38. The van der Waals surface area contributed by atoms with Crippen LogP contribution in [0.15, 0.2) is 63.4 Å². The highest BCUT2D eigenvalue weighted by Crippen LogP contribution is 2.48. The van der Waals surface area contributed by atoms with Crippen LogP contribution in [0.3, 0.4) is 0 Å². The predicted molar refractivity (Wildman–Crippen MR) is 147 cm³/mol. The molecule has 11 heteroatoms. The number of benzene rings is 1. The molecule has 1 atom stereocenters. The van der Waals surface area contributed by atoms with E-state index in [-0.39, 0.29) is 23.3 Å². The molecule has 3 aromatic rings. The van der Waals surface area contributed by atoms with Crippen molar-refractivity contribution < 1.29 is 9.59 Å². The van der Waals surface area contributed by atoms with Crippen molar-refractivity contribution in [3.63, 3.8) is 0 Å². The molecule has 0 spiro atoms. The minimum atomic E-state index is -0.463. The van der Waals surface area contributed by atoms with Gasteiger partial charge in [0.25, 0.3) is 0 Å². The minimum Gasteiger partial charge on any atom is -0.384 e. The Balaban J connectivity index is 1.41. The van der Waals surface area contributed by atoms with E-state index in [1.807, 2.05) is 50.2 Å². The van der Waals surface area contributed by atoms with Crippen LogP contribution in [-0.4, -0.2) is 27.6 Å². The van der Waals surface area contributed by atoms with Crippen LogP contribution >= 0.6 is 34.4 Å². The number of nitrogens with two attached hydrogens (primary N) is 1. The molecule has 2 aromatic heterocycles. The van der Waals surface area contributed by atoms with E-state index in [0.29, 0.717) is 39.9 Å². The number of hydrogen-bond acceptors (Lipinski definition) is 10. The third-order valence-corrected chi connectivity index (χ3v) is 9.28. The number of anilines is 2. The SMILES string of the molecule is Cc1cccc(NC(=O)CSc2nnc(N3C(N)=C(C#N)C(c4ccc(C)s4)C4=C3CCCC4=O)s2)c1. The molecule has 0 radical (unpaired) electrons. The normalized spacial score (nSPS) is 17.6. The summed E-state index contributed by atoms with van der Waals surface area (Å²) in [5.41, 5.74) is 10.2. The van der Waals surface area contributed by atoms with Gasteiger partial charge in [-0.25, -0.2) is 0 Å². The van der Waals surface area contributed by atoms with E-state index in [0.717, 1.165) is 26.7 Å². The highest BCUT2D eigenvalue weighted by atomic mass is 32.2. The zero-order valence-electron chi connectivity index (χ0n) is 20.3. The van der Waals surface area contributed by atoms with Crippen LogP contribution in [0.1, 0.15) is 40.5 Å². The lowest BCUT2D eigenvalue weighted by atomic mass is 9.78. The van der Waals surface area contributed by atoms with Gasteiger partial charge in [0.2, 0.25) is 11.0 Å². The number of aromatic nitrogens is 2. The van der Waals surface area contributed by atoms with Crippen molar-refractivity contribution in [1.82, 2.24) is 10.2 Å². The summed E-state index contributed by atoms with van der Waals surface area (Å²) in [5, 5.41) is 22.0. The summed E-state index contributed by atoms with van der Waals surface area (Å²) in [6.45, 7) is 3.97. The number of hydrogen-bond donors (Lipinski definition) is 2. The van der Waals surface area contributed by atoms with Crippen molar-refractivity contribution in [3.8, 4) is 6.07 Å². The lowest BCUT2D eigenvalue weighted by Gasteiger charge is -2.37. The van der Waals surface area contributed by atoms with E-state index in [1.165, 1.54) is 23.1 Å². The van der Waals surface area contributed by atoms with Crippen LogP contribution in [0, 0.1) is 25.2 Å². The summed E-state index contributed by atoms with van der Waals surface area (Å²) >= 11 is 4.13.